The first kappa shape index (κ1) is 25.9. The zero-order valence-electron chi connectivity index (χ0n) is 18.1. The van der Waals surface area contributed by atoms with Crippen molar-refractivity contribution in [2.24, 2.45) is 4.99 Å². The van der Waals surface area contributed by atoms with Crippen LogP contribution in [0.15, 0.2) is 29.3 Å². The number of hydrogen-bond acceptors (Lipinski definition) is 5. The first-order valence-electron chi connectivity index (χ1n) is 10.2. The number of likely N-dealkylation sites (N-methyl/N-ethyl adjacent to an activating group) is 1. The number of halogens is 1. The molecule has 29 heavy (non-hydrogen) atoms. The molecule has 1 aromatic carbocycles. The number of para-hydroxylation sites is 1. The Morgan fingerprint density at radius 3 is 2.76 bits per heavy atom. The van der Waals surface area contributed by atoms with Crippen LogP contribution in [-0.2, 0) is 9.47 Å². The van der Waals surface area contributed by atoms with Crippen molar-refractivity contribution in [3.63, 3.8) is 0 Å². The summed E-state index contributed by atoms with van der Waals surface area (Å²) in [4.78, 5) is 6.97. The fourth-order valence-corrected chi connectivity index (χ4v) is 3.17. The minimum absolute atomic E-state index is 0. The van der Waals surface area contributed by atoms with Crippen LogP contribution in [0.1, 0.15) is 31.4 Å². The summed E-state index contributed by atoms with van der Waals surface area (Å²) >= 11 is 0. The summed E-state index contributed by atoms with van der Waals surface area (Å²) in [6.07, 6.45) is 2.21. The monoisotopic (exact) mass is 520 g/mol. The lowest BCUT2D eigenvalue weighted by Gasteiger charge is -2.25. The van der Waals surface area contributed by atoms with Crippen LogP contribution < -0.4 is 15.4 Å². The Hall–Kier alpha value is -1.10. The van der Waals surface area contributed by atoms with E-state index < -0.39 is 0 Å². The van der Waals surface area contributed by atoms with Gasteiger partial charge in [0.2, 0.25) is 0 Å². The molecule has 0 saturated carbocycles. The minimum atomic E-state index is 0. The van der Waals surface area contributed by atoms with Crippen LogP contribution in [-0.4, -0.2) is 77.6 Å². The Balaban J connectivity index is 0.00000420. The van der Waals surface area contributed by atoms with Crippen molar-refractivity contribution < 1.29 is 14.2 Å². The van der Waals surface area contributed by atoms with Gasteiger partial charge in [-0.2, -0.15) is 0 Å². The third-order valence-corrected chi connectivity index (χ3v) is 4.74. The quantitative estimate of drug-likeness (QED) is 0.203. The van der Waals surface area contributed by atoms with Crippen molar-refractivity contribution in [3.05, 3.63) is 29.8 Å². The normalized spacial score (nSPS) is 17.7. The van der Waals surface area contributed by atoms with Crippen molar-refractivity contribution >= 4 is 29.9 Å². The highest BCUT2D eigenvalue weighted by Crippen LogP contribution is 2.28. The van der Waals surface area contributed by atoms with Gasteiger partial charge in [0, 0.05) is 31.9 Å². The van der Waals surface area contributed by atoms with E-state index in [2.05, 4.69) is 42.6 Å². The first-order chi connectivity index (χ1) is 13.7. The van der Waals surface area contributed by atoms with Crippen molar-refractivity contribution in [2.75, 3.05) is 60.7 Å². The summed E-state index contributed by atoms with van der Waals surface area (Å²) in [7, 11) is 5.84. The second kappa shape index (κ2) is 14.8. The molecule has 0 bridgehead atoms. The van der Waals surface area contributed by atoms with Gasteiger partial charge in [0.15, 0.2) is 5.96 Å². The van der Waals surface area contributed by atoms with Gasteiger partial charge in [-0.25, -0.2) is 0 Å². The van der Waals surface area contributed by atoms with Gasteiger partial charge < -0.3 is 29.7 Å². The average Bonchev–Trinajstić information content (AvgIpc) is 3.21. The molecule has 1 aliphatic rings. The second-order valence-corrected chi connectivity index (χ2v) is 7.08. The highest BCUT2D eigenvalue weighted by Gasteiger charge is 2.18. The van der Waals surface area contributed by atoms with Crippen molar-refractivity contribution in [2.45, 2.75) is 31.9 Å². The van der Waals surface area contributed by atoms with Crippen molar-refractivity contribution in [1.29, 1.82) is 0 Å². The molecule has 1 fully saturated rings. The van der Waals surface area contributed by atoms with Crippen LogP contribution in [0, 0.1) is 0 Å². The van der Waals surface area contributed by atoms with Crippen molar-refractivity contribution in [3.8, 4) is 5.75 Å². The van der Waals surface area contributed by atoms with Gasteiger partial charge >= 0.3 is 0 Å². The van der Waals surface area contributed by atoms with Crippen LogP contribution in [0.4, 0.5) is 0 Å². The number of rotatable bonds is 11. The number of guanidine groups is 1. The maximum absolute atomic E-state index is 5.81. The van der Waals surface area contributed by atoms with Gasteiger partial charge in [-0.05, 0) is 39.9 Å². The molecule has 1 aliphatic heterocycles. The van der Waals surface area contributed by atoms with Crippen LogP contribution in [0.25, 0.3) is 0 Å². The molecule has 166 valence electrons. The molecular formula is C21H37IN4O3. The number of aliphatic imine (C=N–C) groups is 1. The van der Waals surface area contributed by atoms with E-state index in [0.29, 0.717) is 6.54 Å². The summed E-state index contributed by atoms with van der Waals surface area (Å²) in [6.45, 7) is 6.64. The number of benzene rings is 1. The SMILES string of the molecule is CCNC(=NCC(c1ccccc1OC)N(C)C)NCCCOC1CCOC1.I. The molecular weight excluding hydrogens is 483 g/mol. The van der Waals surface area contributed by atoms with E-state index in [1.807, 2.05) is 18.2 Å². The molecule has 0 aliphatic carbocycles. The fourth-order valence-electron chi connectivity index (χ4n) is 3.17. The Morgan fingerprint density at radius 2 is 2.10 bits per heavy atom. The molecule has 0 radical (unpaired) electrons. The summed E-state index contributed by atoms with van der Waals surface area (Å²) in [5.74, 6) is 1.72. The predicted octanol–water partition coefficient (Wildman–Crippen LogP) is 2.67. The summed E-state index contributed by atoms with van der Waals surface area (Å²) in [5.41, 5.74) is 1.14. The standard InChI is InChI=1S/C21H36N4O3.HI/c1-5-22-21(23-12-8-13-28-17-11-14-27-16-17)24-15-19(25(2)3)18-9-6-7-10-20(18)26-4;/h6-7,9-10,17,19H,5,8,11-16H2,1-4H3,(H2,22,23,24);1H. The topological polar surface area (TPSA) is 67.4 Å². The maximum atomic E-state index is 5.81. The molecule has 2 rings (SSSR count). The third-order valence-electron chi connectivity index (χ3n) is 4.74. The van der Waals surface area contributed by atoms with E-state index in [1.165, 1.54) is 0 Å². The highest BCUT2D eigenvalue weighted by atomic mass is 127. The lowest BCUT2D eigenvalue weighted by molar-refractivity contribution is 0.0420. The Morgan fingerprint density at radius 1 is 1.31 bits per heavy atom. The number of hydrogen-bond donors (Lipinski definition) is 2. The van der Waals surface area contributed by atoms with Crippen LogP contribution in [0.2, 0.25) is 0 Å². The van der Waals surface area contributed by atoms with Crippen LogP contribution in [0.5, 0.6) is 5.75 Å². The number of nitrogens with zero attached hydrogens (tertiary/aromatic N) is 2. The van der Waals surface area contributed by atoms with E-state index >= 15 is 0 Å². The third kappa shape index (κ3) is 9.06. The molecule has 0 aromatic heterocycles. The maximum Gasteiger partial charge on any atom is 0.191 e. The van der Waals surface area contributed by atoms with Gasteiger partial charge in [0.1, 0.15) is 5.75 Å². The van der Waals surface area contributed by atoms with E-state index in [-0.39, 0.29) is 36.1 Å². The van der Waals surface area contributed by atoms with E-state index in [4.69, 9.17) is 19.2 Å². The molecule has 2 atom stereocenters. The molecule has 2 unspecified atom stereocenters. The van der Waals surface area contributed by atoms with Crippen LogP contribution in [0.3, 0.4) is 0 Å². The Kier molecular flexibility index (Phi) is 13.2. The Labute approximate surface area is 192 Å². The molecule has 0 spiro atoms. The van der Waals surface area contributed by atoms with Gasteiger partial charge in [0.25, 0.3) is 0 Å². The predicted molar refractivity (Wildman–Crippen MR) is 129 cm³/mol. The number of nitrogens with one attached hydrogen (secondary N) is 2. The lowest BCUT2D eigenvalue weighted by Crippen LogP contribution is -2.39. The number of ether oxygens (including phenoxy) is 3. The molecule has 8 heteroatoms. The largest absolute Gasteiger partial charge is 0.496 e. The molecule has 0 amide bonds. The van der Waals surface area contributed by atoms with E-state index in [1.54, 1.807) is 7.11 Å². The second-order valence-electron chi connectivity index (χ2n) is 7.08. The van der Waals surface area contributed by atoms with E-state index in [0.717, 1.165) is 63.0 Å². The van der Waals surface area contributed by atoms with Crippen molar-refractivity contribution in [1.82, 2.24) is 15.5 Å². The zero-order valence-corrected chi connectivity index (χ0v) is 20.5. The van der Waals surface area contributed by atoms with Gasteiger partial charge in [0.05, 0.1) is 32.4 Å². The summed E-state index contributed by atoms with van der Waals surface area (Å²) < 4.78 is 16.7. The number of methoxy groups -OCH3 is 1. The van der Waals surface area contributed by atoms with Crippen LogP contribution >= 0.6 is 24.0 Å². The van der Waals surface area contributed by atoms with Gasteiger partial charge in [-0.1, -0.05) is 18.2 Å². The summed E-state index contributed by atoms with van der Waals surface area (Å²) in [6, 6.07) is 8.26. The average molecular weight is 520 g/mol. The lowest BCUT2D eigenvalue weighted by atomic mass is 10.0. The fraction of sp³-hybridized carbons (Fsp3) is 0.667. The zero-order chi connectivity index (χ0) is 20.2. The molecule has 1 heterocycles. The highest BCUT2D eigenvalue weighted by molar-refractivity contribution is 14.0. The first-order valence-corrected chi connectivity index (χ1v) is 10.2. The summed E-state index contributed by atoms with van der Waals surface area (Å²) in [5, 5.41) is 6.72. The van der Waals surface area contributed by atoms with Gasteiger partial charge in [-0.15, -0.1) is 24.0 Å². The molecule has 2 N–H and O–H groups in total. The molecule has 1 aromatic rings. The Bertz CT molecular complexity index is 595. The van der Waals surface area contributed by atoms with E-state index in [9.17, 15) is 0 Å². The van der Waals surface area contributed by atoms with Gasteiger partial charge in [-0.3, -0.25) is 4.99 Å². The minimum Gasteiger partial charge on any atom is -0.496 e. The molecule has 7 nitrogen and oxygen atoms in total. The smallest absolute Gasteiger partial charge is 0.191 e. The molecule has 1 saturated heterocycles.